The Labute approximate surface area is 151 Å². The average Bonchev–Trinajstić information content (AvgIpc) is 3.00. The van der Waals surface area contributed by atoms with E-state index in [-0.39, 0.29) is 11.9 Å². The van der Waals surface area contributed by atoms with Crippen molar-refractivity contribution in [3.8, 4) is 0 Å². The smallest absolute Gasteiger partial charge is 0.240 e. The van der Waals surface area contributed by atoms with E-state index < -0.39 is 0 Å². The van der Waals surface area contributed by atoms with Gasteiger partial charge < -0.3 is 9.88 Å². The summed E-state index contributed by atoms with van der Waals surface area (Å²) in [6, 6.07) is 16.5. The van der Waals surface area contributed by atoms with Crippen molar-refractivity contribution in [3.63, 3.8) is 0 Å². The third-order valence-corrected chi connectivity index (χ3v) is 5.49. The second-order valence-corrected chi connectivity index (χ2v) is 7.16. The van der Waals surface area contributed by atoms with E-state index in [4.69, 9.17) is 0 Å². The van der Waals surface area contributed by atoms with Crippen molar-refractivity contribution in [1.29, 1.82) is 0 Å². The molecule has 2 aromatic carbocycles. The number of thioether (sulfide) groups is 1. The molecule has 0 spiro atoms. The van der Waals surface area contributed by atoms with Gasteiger partial charge in [0.25, 0.3) is 0 Å². The zero-order chi connectivity index (χ0) is 17.2. The number of imidazole rings is 1. The molecule has 1 amide bonds. The summed E-state index contributed by atoms with van der Waals surface area (Å²) < 4.78 is 2.00. The second kappa shape index (κ2) is 6.92. The maximum Gasteiger partial charge on any atom is 0.240 e. The molecule has 1 heterocycles. The van der Waals surface area contributed by atoms with E-state index in [1.165, 1.54) is 11.1 Å². The lowest BCUT2D eigenvalue weighted by atomic mass is 9.88. The van der Waals surface area contributed by atoms with E-state index in [0.717, 1.165) is 35.5 Å². The lowest BCUT2D eigenvalue weighted by Gasteiger charge is -2.26. The quantitative estimate of drug-likeness (QED) is 0.724. The van der Waals surface area contributed by atoms with E-state index in [2.05, 4.69) is 34.6 Å². The van der Waals surface area contributed by atoms with Gasteiger partial charge in [-0.25, -0.2) is 4.98 Å². The van der Waals surface area contributed by atoms with Crippen LogP contribution in [0, 0.1) is 0 Å². The number of hydrogen-bond donors (Lipinski definition) is 1. The number of aromatic nitrogens is 2. The molecule has 1 atom stereocenters. The summed E-state index contributed by atoms with van der Waals surface area (Å²) in [5.41, 5.74) is 4.56. The van der Waals surface area contributed by atoms with Crippen LogP contribution in [-0.4, -0.2) is 21.7 Å². The van der Waals surface area contributed by atoms with Crippen molar-refractivity contribution in [3.05, 3.63) is 59.7 Å². The molecule has 0 fully saturated rings. The van der Waals surface area contributed by atoms with Crippen molar-refractivity contribution in [2.45, 2.75) is 37.0 Å². The van der Waals surface area contributed by atoms with Crippen molar-refractivity contribution < 1.29 is 4.79 Å². The minimum atomic E-state index is 0.0418. The summed E-state index contributed by atoms with van der Waals surface area (Å²) in [7, 11) is 0. The summed E-state index contributed by atoms with van der Waals surface area (Å²) in [5, 5.41) is 4.11. The summed E-state index contributed by atoms with van der Waals surface area (Å²) in [6.07, 6.45) is 5.22. The van der Waals surface area contributed by atoms with E-state index in [1.54, 1.807) is 11.8 Å². The zero-order valence-corrected chi connectivity index (χ0v) is 15.1. The molecule has 0 aliphatic heterocycles. The van der Waals surface area contributed by atoms with Gasteiger partial charge in [-0.05, 0) is 48.8 Å². The minimum Gasteiger partial charge on any atom is -0.348 e. The standard InChI is InChI=1S/C20H21N3OS/c1-25-20-22-17-10-4-5-12-18(17)23(20)13-19(24)21-16-11-6-8-14-7-2-3-9-15(14)16/h2-5,7,9-10,12,16H,6,8,11,13H2,1H3,(H,21,24). The van der Waals surface area contributed by atoms with Gasteiger partial charge in [0.2, 0.25) is 5.91 Å². The van der Waals surface area contributed by atoms with Gasteiger partial charge in [-0.2, -0.15) is 0 Å². The number of nitrogens with zero attached hydrogens (tertiary/aromatic N) is 2. The Balaban J connectivity index is 1.56. The van der Waals surface area contributed by atoms with Crippen LogP contribution in [0.15, 0.2) is 53.7 Å². The number of carbonyl (C=O) groups excluding carboxylic acids is 1. The molecule has 0 saturated carbocycles. The van der Waals surface area contributed by atoms with Gasteiger partial charge in [0.15, 0.2) is 5.16 Å². The molecule has 4 nitrogen and oxygen atoms in total. The largest absolute Gasteiger partial charge is 0.348 e. The highest BCUT2D eigenvalue weighted by Crippen LogP contribution is 2.29. The Morgan fingerprint density at radius 2 is 2.04 bits per heavy atom. The molecule has 1 N–H and O–H groups in total. The highest BCUT2D eigenvalue weighted by Gasteiger charge is 2.22. The first-order chi connectivity index (χ1) is 12.3. The number of amides is 1. The molecule has 1 aliphatic carbocycles. The number of aryl methyl sites for hydroxylation is 1. The van der Waals surface area contributed by atoms with Crippen LogP contribution in [0.25, 0.3) is 11.0 Å². The zero-order valence-electron chi connectivity index (χ0n) is 14.2. The highest BCUT2D eigenvalue weighted by atomic mass is 32.2. The van der Waals surface area contributed by atoms with Crippen molar-refractivity contribution in [2.75, 3.05) is 6.26 Å². The van der Waals surface area contributed by atoms with Gasteiger partial charge >= 0.3 is 0 Å². The van der Waals surface area contributed by atoms with Gasteiger partial charge in [0.1, 0.15) is 6.54 Å². The summed E-state index contributed by atoms with van der Waals surface area (Å²) in [5.74, 6) is 0.0418. The van der Waals surface area contributed by atoms with Crippen LogP contribution in [0.3, 0.4) is 0 Å². The summed E-state index contributed by atoms with van der Waals surface area (Å²) in [4.78, 5) is 17.3. The number of para-hydroxylation sites is 2. The molecule has 1 aromatic heterocycles. The molecule has 25 heavy (non-hydrogen) atoms. The number of hydrogen-bond acceptors (Lipinski definition) is 3. The summed E-state index contributed by atoms with van der Waals surface area (Å²) in [6.45, 7) is 0.301. The Kier molecular flexibility index (Phi) is 4.49. The predicted octanol–water partition coefficient (Wildman–Crippen LogP) is 3.95. The first-order valence-electron chi connectivity index (χ1n) is 8.62. The lowest BCUT2D eigenvalue weighted by Crippen LogP contribution is -2.33. The third kappa shape index (κ3) is 3.16. The molecule has 128 valence electrons. The van der Waals surface area contributed by atoms with Gasteiger partial charge in [0, 0.05) is 0 Å². The highest BCUT2D eigenvalue weighted by molar-refractivity contribution is 7.98. The second-order valence-electron chi connectivity index (χ2n) is 6.38. The maximum atomic E-state index is 12.7. The molecule has 0 radical (unpaired) electrons. The first kappa shape index (κ1) is 16.2. The van der Waals surface area contributed by atoms with Gasteiger partial charge in [0.05, 0.1) is 17.1 Å². The van der Waals surface area contributed by atoms with Crippen LogP contribution >= 0.6 is 11.8 Å². The fourth-order valence-electron chi connectivity index (χ4n) is 3.65. The molecular weight excluding hydrogens is 330 g/mol. The van der Waals surface area contributed by atoms with Crippen molar-refractivity contribution in [1.82, 2.24) is 14.9 Å². The van der Waals surface area contributed by atoms with Crippen LogP contribution in [-0.2, 0) is 17.8 Å². The average molecular weight is 351 g/mol. The van der Waals surface area contributed by atoms with E-state index in [9.17, 15) is 4.79 Å². The number of carbonyl (C=O) groups is 1. The fourth-order valence-corrected chi connectivity index (χ4v) is 4.22. The summed E-state index contributed by atoms with van der Waals surface area (Å²) >= 11 is 1.57. The van der Waals surface area contributed by atoms with Crippen molar-refractivity contribution >= 4 is 28.7 Å². The van der Waals surface area contributed by atoms with E-state index in [0.29, 0.717) is 6.54 Å². The molecule has 4 rings (SSSR count). The molecular formula is C20H21N3OS. The Morgan fingerprint density at radius 1 is 1.24 bits per heavy atom. The van der Waals surface area contributed by atoms with Gasteiger partial charge in [-0.15, -0.1) is 0 Å². The van der Waals surface area contributed by atoms with Crippen LogP contribution < -0.4 is 5.32 Å². The molecule has 5 heteroatoms. The molecule has 1 unspecified atom stereocenters. The molecule has 1 aliphatic rings. The van der Waals surface area contributed by atoms with Gasteiger partial charge in [-0.3, -0.25) is 4.79 Å². The lowest BCUT2D eigenvalue weighted by molar-refractivity contribution is -0.122. The molecule has 0 bridgehead atoms. The Bertz CT molecular complexity index is 918. The Hall–Kier alpha value is -2.27. The third-order valence-electron chi connectivity index (χ3n) is 4.81. The number of benzene rings is 2. The predicted molar refractivity (Wildman–Crippen MR) is 102 cm³/mol. The number of rotatable bonds is 4. The number of fused-ring (bicyclic) bond motifs is 2. The van der Waals surface area contributed by atoms with Crippen LogP contribution in [0.1, 0.15) is 30.0 Å². The van der Waals surface area contributed by atoms with Gasteiger partial charge in [-0.1, -0.05) is 48.2 Å². The maximum absolute atomic E-state index is 12.7. The van der Waals surface area contributed by atoms with Crippen LogP contribution in [0.2, 0.25) is 0 Å². The molecule has 3 aromatic rings. The van der Waals surface area contributed by atoms with E-state index in [1.807, 2.05) is 35.1 Å². The normalized spacial score (nSPS) is 16.6. The monoisotopic (exact) mass is 351 g/mol. The fraction of sp³-hybridized carbons (Fsp3) is 0.300. The van der Waals surface area contributed by atoms with E-state index >= 15 is 0 Å². The SMILES string of the molecule is CSc1nc2ccccc2n1CC(=O)NC1CCCc2ccccc21. The van der Waals surface area contributed by atoms with Crippen molar-refractivity contribution in [2.24, 2.45) is 0 Å². The minimum absolute atomic E-state index is 0.0418. The molecule has 0 saturated heterocycles. The number of nitrogens with one attached hydrogen (secondary N) is 1. The topological polar surface area (TPSA) is 46.9 Å². The first-order valence-corrected chi connectivity index (χ1v) is 9.85. The van der Waals surface area contributed by atoms with Crippen LogP contribution in [0.4, 0.5) is 0 Å². The van der Waals surface area contributed by atoms with Crippen LogP contribution in [0.5, 0.6) is 0 Å². The Morgan fingerprint density at radius 3 is 2.92 bits per heavy atom.